The van der Waals surface area contributed by atoms with Gasteiger partial charge in [-0.15, -0.1) is 0 Å². The molecule has 2 atom stereocenters. The maximum Gasteiger partial charge on any atom is 0.165 e. The van der Waals surface area contributed by atoms with Crippen LogP contribution in [0.5, 0.6) is 5.75 Å². The van der Waals surface area contributed by atoms with Crippen molar-refractivity contribution in [3.05, 3.63) is 28.5 Å². The predicted octanol–water partition coefficient (Wildman–Crippen LogP) is 3.27. The first-order chi connectivity index (χ1) is 7.66. The molecule has 4 heteroatoms. The largest absolute Gasteiger partial charge is 0.485 e. The third-order valence-corrected chi connectivity index (χ3v) is 3.33. The molecular weight excluding hydrogens is 275 g/mol. The van der Waals surface area contributed by atoms with Crippen LogP contribution in [-0.2, 0) is 0 Å². The van der Waals surface area contributed by atoms with E-state index in [0.29, 0.717) is 0 Å². The van der Waals surface area contributed by atoms with Gasteiger partial charge in [0.1, 0.15) is 6.10 Å². The molecule has 2 unspecified atom stereocenters. The quantitative estimate of drug-likeness (QED) is 0.905. The van der Waals surface area contributed by atoms with E-state index in [1.807, 2.05) is 0 Å². The highest BCUT2D eigenvalue weighted by Gasteiger charge is 2.25. The van der Waals surface area contributed by atoms with Crippen molar-refractivity contribution in [2.45, 2.75) is 37.9 Å². The van der Waals surface area contributed by atoms with E-state index in [4.69, 9.17) is 4.74 Å². The maximum atomic E-state index is 13.4. The molecule has 0 radical (unpaired) electrons. The minimum absolute atomic E-state index is 0.209. The lowest BCUT2D eigenvalue weighted by Crippen LogP contribution is -2.34. The van der Waals surface area contributed by atoms with Crippen LogP contribution in [-0.4, -0.2) is 17.3 Å². The average molecular weight is 289 g/mol. The molecule has 0 aliphatic heterocycles. The summed E-state index contributed by atoms with van der Waals surface area (Å²) < 4.78 is 19.7. The topological polar surface area (TPSA) is 29.5 Å². The van der Waals surface area contributed by atoms with Crippen molar-refractivity contribution >= 4 is 15.9 Å². The zero-order valence-electron chi connectivity index (χ0n) is 8.83. The summed E-state index contributed by atoms with van der Waals surface area (Å²) in [6.45, 7) is 0. The first kappa shape index (κ1) is 11.9. The molecule has 0 heterocycles. The Hall–Kier alpha value is -0.610. The molecule has 1 aromatic carbocycles. The third-order valence-electron chi connectivity index (χ3n) is 2.84. The minimum atomic E-state index is -0.480. The molecule has 1 aliphatic rings. The van der Waals surface area contributed by atoms with Crippen molar-refractivity contribution in [2.75, 3.05) is 0 Å². The summed E-state index contributed by atoms with van der Waals surface area (Å²) in [6.07, 6.45) is 2.80. The first-order valence-corrected chi connectivity index (χ1v) is 6.26. The monoisotopic (exact) mass is 288 g/mol. The van der Waals surface area contributed by atoms with E-state index in [-0.39, 0.29) is 17.7 Å². The van der Waals surface area contributed by atoms with Gasteiger partial charge in [-0.3, -0.25) is 0 Å². The van der Waals surface area contributed by atoms with Crippen LogP contribution in [0.3, 0.4) is 0 Å². The molecule has 16 heavy (non-hydrogen) atoms. The van der Waals surface area contributed by atoms with Crippen LogP contribution < -0.4 is 4.74 Å². The Balaban J connectivity index is 2.10. The standard InChI is InChI=1S/C12H14BrFO2/c13-8-5-6-9(14)12(7-8)16-11-4-2-1-3-10(11)15/h5-7,10-11,15H,1-4H2. The van der Waals surface area contributed by atoms with Gasteiger partial charge in [-0.1, -0.05) is 22.4 Å². The van der Waals surface area contributed by atoms with E-state index in [1.165, 1.54) is 6.07 Å². The number of aliphatic hydroxyl groups excluding tert-OH is 1. The minimum Gasteiger partial charge on any atom is -0.485 e. The van der Waals surface area contributed by atoms with Crippen molar-refractivity contribution in [3.8, 4) is 5.75 Å². The average Bonchev–Trinajstić information content (AvgIpc) is 2.27. The van der Waals surface area contributed by atoms with Gasteiger partial charge in [0, 0.05) is 4.47 Å². The molecule has 88 valence electrons. The van der Waals surface area contributed by atoms with Gasteiger partial charge in [-0.25, -0.2) is 4.39 Å². The Bertz CT molecular complexity index is 370. The van der Waals surface area contributed by atoms with E-state index in [0.717, 1.165) is 30.2 Å². The molecule has 2 nitrogen and oxygen atoms in total. The number of halogens is 2. The molecule has 0 bridgehead atoms. The Morgan fingerprint density at radius 3 is 2.81 bits per heavy atom. The van der Waals surface area contributed by atoms with E-state index in [2.05, 4.69) is 15.9 Å². The number of rotatable bonds is 2. The lowest BCUT2D eigenvalue weighted by Gasteiger charge is -2.28. The van der Waals surface area contributed by atoms with Crippen molar-refractivity contribution in [3.63, 3.8) is 0 Å². The van der Waals surface area contributed by atoms with E-state index >= 15 is 0 Å². The number of aliphatic hydroxyl groups is 1. The van der Waals surface area contributed by atoms with Crippen molar-refractivity contribution < 1.29 is 14.2 Å². The second-order valence-electron chi connectivity index (χ2n) is 4.08. The van der Waals surface area contributed by atoms with E-state index in [1.54, 1.807) is 12.1 Å². The van der Waals surface area contributed by atoms with Gasteiger partial charge >= 0.3 is 0 Å². The highest BCUT2D eigenvalue weighted by molar-refractivity contribution is 9.10. The fourth-order valence-corrected chi connectivity index (χ4v) is 2.29. The fourth-order valence-electron chi connectivity index (χ4n) is 1.95. The van der Waals surface area contributed by atoms with Gasteiger partial charge in [-0.05, 0) is 37.5 Å². The Morgan fingerprint density at radius 1 is 1.31 bits per heavy atom. The molecule has 1 aromatic rings. The van der Waals surface area contributed by atoms with Crippen molar-refractivity contribution in [1.82, 2.24) is 0 Å². The zero-order valence-corrected chi connectivity index (χ0v) is 10.4. The molecule has 0 amide bonds. The summed E-state index contributed by atoms with van der Waals surface area (Å²) in [6, 6.07) is 4.57. The molecule has 0 saturated heterocycles. The Morgan fingerprint density at radius 2 is 2.06 bits per heavy atom. The number of benzene rings is 1. The highest BCUT2D eigenvalue weighted by Crippen LogP contribution is 2.27. The Kier molecular flexibility index (Phi) is 3.82. The Labute approximate surface area is 103 Å². The van der Waals surface area contributed by atoms with E-state index < -0.39 is 6.10 Å². The predicted molar refractivity (Wildman–Crippen MR) is 63.0 cm³/mol. The summed E-state index contributed by atoms with van der Waals surface area (Å²) >= 11 is 3.27. The summed E-state index contributed by atoms with van der Waals surface area (Å²) in [5, 5.41) is 9.73. The number of ether oxygens (including phenoxy) is 1. The lowest BCUT2D eigenvalue weighted by atomic mass is 9.95. The molecule has 1 saturated carbocycles. The molecule has 1 aliphatic carbocycles. The molecule has 0 spiro atoms. The van der Waals surface area contributed by atoms with Gasteiger partial charge < -0.3 is 9.84 Å². The van der Waals surface area contributed by atoms with Crippen LogP contribution in [0.15, 0.2) is 22.7 Å². The SMILES string of the molecule is OC1CCCCC1Oc1cc(Br)ccc1F. The maximum absolute atomic E-state index is 13.4. The van der Waals surface area contributed by atoms with Gasteiger partial charge in [0.25, 0.3) is 0 Å². The van der Waals surface area contributed by atoms with Crippen LogP contribution in [0.4, 0.5) is 4.39 Å². The molecular formula is C12H14BrFO2. The highest BCUT2D eigenvalue weighted by atomic mass is 79.9. The normalized spacial score (nSPS) is 25.4. The molecule has 0 aromatic heterocycles. The molecule has 1 N–H and O–H groups in total. The summed E-state index contributed by atoms with van der Waals surface area (Å²) in [4.78, 5) is 0. The van der Waals surface area contributed by atoms with Gasteiger partial charge in [0.15, 0.2) is 11.6 Å². The van der Waals surface area contributed by atoms with E-state index in [9.17, 15) is 9.50 Å². The van der Waals surface area contributed by atoms with Crippen LogP contribution >= 0.6 is 15.9 Å². The van der Waals surface area contributed by atoms with Gasteiger partial charge in [-0.2, -0.15) is 0 Å². The second-order valence-corrected chi connectivity index (χ2v) is 5.00. The van der Waals surface area contributed by atoms with Crippen molar-refractivity contribution in [1.29, 1.82) is 0 Å². The van der Waals surface area contributed by atoms with Crippen molar-refractivity contribution in [2.24, 2.45) is 0 Å². The third kappa shape index (κ3) is 2.74. The summed E-state index contributed by atoms with van der Waals surface area (Å²) in [7, 11) is 0. The van der Waals surface area contributed by atoms with Crippen LogP contribution in [0.25, 0.3) is 0 Å². The summed E-state index contributed by atoms with van der Waals surface area (Å²) in [5.41, 5.74) is 0. The van der Waals surface area contributed by atoms with Gasteiger partial charge in [0.05, 0.1) is 6.10 Å². The molecule has 2 rings (SSSR count). The second kappa shape index (κ2) is 5.15. The zero-order chi connectivity index (χ0) is 11.5. The fraction of sp³-hybridized carbons (Fsp3) is 0.500. The van der Waals surface area contributed by atoms with Crippen LogP contribution in [0.1, 0.15) is 25.7 Å². The summed E-state index contributed by atoms with van der Waals surface area (Å²) in [5.74, 6) is -0.179. The smallest absolute Gasteiger partial charge is 0.165 e. The first-order valence-electron chi connectivity index (χ1n) is 5.46. The lowest BCUT2D eigenvalue weighted by molar-refractivity contribution is 0.00496. The van der Waals surface area contributed by atoms with Gasteiger partial charge in [0.2, 0.25) is 0 Å². The number of hydrogen-bond acceptors (Lipinski definition) is 2. The molecule has 1 fully saturated rings. The number of hydrogen-bond donors (Lipinski definition) is 1. The van der Waals surface area contributed by atoms with Crippen LogP contribution in [0.2, 0.25) is 0 Å². The van der Waals surface area contributed by atoms with Crippen LogP contribution in [0, 0.1) is 5.82 Å².